The van der Waals surface area contributed by atoms with Gasteiger partial charge in [0.25, 0.3) is 0 Å². The van der Waals surface area contributed by atoms with Gasteiger partial charge in [0, 0.05) is 12.7 Å². The first-order valence-electron chi connectivity index (χ1n) is 6.89. The highest BCUT2D eigenvalue weighted by Crippen LogP contribution is 2.26. The zero-order valence-corrected chi connectivity index (χ0v) is 16.2. The molecule has 0 amide bonds. The van der Waals surface area contributed by atoms with E-state index in [0.29, 0.717) is 6.10 Å². The molecule has 0 bridgehead atoms. The largest absolute Gasteiger partial charge is 0.479 e. The van der Waals surface area contributed by atoms with Crippen molar-refractivity contribution in [3.63, 3.8) is 0 Å². The van der Waals surface area contributed by atoms with Crippen molar-refractivity contribution in [2.75, 3.05) is 0 Å². The molecule has 0 aromatic carbocycles. The highest BCUT2D eigenvalue weighted by atomic mass is 28.5. The van der Waals surface area contributed by atoms with Crippen molar-refractivity contribution in [1.82, 2.24) is 0 Å². The Morgan fingerprint density at radius 1 is 0.895 bits per heavy atom. The van der Waals surface area contributed by atoms with Gasteiger partial charge in [0.15, 0.2) is 0 Å². The van der Waals surface area contributed by atoms with E-state index in [9.17, 15) is 0 Å². The molecule has 5 nitrogen and oxygen atoms in total. The summed E-state index contributed by atoms with van der Waals surface area (Å²) in [5.41, 5.74) is 0. The SMILES string of the molecule is C[Si]1O[Si](C)O[Si](C)(OC2CCCCC2)O[Si](C)O1. The molecule has 0 aromatic heterocycles. The average molecular weight is 336 g/mol. The quantitative estimate of drug-likeness (QED) is 0.725. The molecule has 3 radical (unpaired) electrons. The highest BCUT2D eigenvalue weighted by molar-refractivity contribution is 6.77. The molecule has 2 fully saturated rings. The summed E-state index contributed by atoms with van der Waals surface area (Å²) < 4.78 is 30.0. The van der Waals surface area contributed by atoms with Gasteiger partial charge >= 0.3 is 36.7 Å². The van der Waals surface area contributed by atoms with E-state index in [1.54, 1.807) is 0 Å². The van der Waals surface area contributed by atoms with Crippen LogP contribution in [0.2, 0.25) is 26.2 Å². The van der Waals surface area contributed by atoms with E-state index in [-0.39, 0.29) is 0 Å². The summed E-state index contributed by atoms with van der Waals surface area (Å²) in [6.45, 7) is 7.97. The molecule has 1 aliphatic heterocycles. The van der Waals surface area contributed by atoms with E-state index in [1.165, 1.54) is 19.3 Å². The first-order chi connectivity index (χ1) is 8.97. The van der Waals surface area contributed by atoms with Gasteiger partial charge in [-0.3, -0.25) is 0 Å². The van der Waals surface area contributed by atoms with Crippen LogP contribution in [0.25, 0.3) is 0 Å². The zero-order valence-electron chi connectivity index (χ0n) is 12.2. The molecule has 0 N–H and O–H groups in total. The Balaban J connectivity index is 1.97. The van der Waals surface area contributed by atoms with Crippen LogP contribution in [-0.4, -0.2) is 42.8 Å². The fourth-order valence-corrected chi connectivity index (χ4v) is 13.4. The van der Waals surface area contributed by atoms with Crippen LogP contribution in [0.3, 0.4) is 0 Å². The van der Waals surface area contributed by atoms with Crippen molar-refractivity contribution in [2.24, 2.45) is 0 Å². The summed E-state index contributed by atoms with van der Waals surface area (Å²) in [4.78, 5) is 0. The standard InChI is InChI=1S/C10H23O5Si4/c1-16-12-17(2)14-19(4,15-18(3)13-16)11-10-8-6-5-7-9-10/h10H,5-9H2,1-4H3. The Bertz CT molecular complexity index is 275. The predicted octanol–water partition coefficient (Wildman–Crippen LogP) is 2.34. The maximum Gasteiger partial charge on any atom is 0.479 e. The molecule has 1 aliphatic carbocycles. The Labute approximate surface area is 122 Å². The van der Waals surface area contributed by atoms with E-state index in [0.717, 1.165) is 12.8 Å². The minimum Gasteiger partial charge on any atom is -0.414 e. The van der Waals surface area contributed by atoms with Gasteiger partial charge in [0.1, 0.15) is 0 Å². The first kappa shape index (κ1) is 16.0. The smallest absolute Gasteiger partial charge is 0.414 e. The second-order valence-electron chi connectivity index (χ2n) is 5.12. The van der Waals surface area contributed by atoms with Gasteiger partial charge in [0.05, 0.1) is 0 Å². The van der Waals surface area contributed by atoms with Crippen LogP contribution in [-0.2, 0) is 20.9 Å². The van der Waals surface area contributed by atoms with Crippen molar-refractivity contribution in [3.8, 4) is 0 Å². The van der Waals surface area contributed by atoms with Gasteiger partial charge < -0.3 is 20.9 Å². The molecular formula is C10H23O5Si4. The molecule has 0 unspecified atom stereocenters. The van der Waals surface area contributed by atoms with Crippen molar-refractivity contribution in [2.45, 2.75) is 64.4 Å². The van der Waals surface area contributed by atoms with E-state index in [2.05, 4.69) is 0 Å². The molecule has 1 saturated heterocycles. The molecule has 9 heteroatoms. The lowest BCUT2D eigenvalue weighted by atomic mass is 9.98. The van der Waals surface area contributed by atoms with E-state index in [4.69, 9.17) is 20.9 Å². The molecule has 1 saturated carbocycles. The minimum absolute atomic E-state index is 0.292. The van der Waals surface area contributed by atoms with E-state index < -0.39 is 36.7 Å². The van der Waals surface area contributed by atoms with Gasteiger partial charge in [-0.15, -0.1) is 0 Å². The lowest BCUT2D eigenvalue weighted by Gasteiger charge is -2.37. The molecule has 2 rings (SSSR count). The summed E-state index contributed by atoms with van der Waals surface area (Å²) in [5, 5.41) is 0. The maximum atomic E-state index is 6.23. The van der Waals surface area contributed by atoms with Crippen molar-refractivity contribution < 1.29 is 20.9 Å². The molecule has 2 aliphatic rings. The van der Waals surface area contributed by atoms with Crippen molar-refractivity contribution in [1.29, 1.82) is 0 Å². The van der Waals surface area contributed by atoms with Crippen LogP contribution in [0.5, 0.6) is 0 Å². The third-order valence-electron chi connectivity index (χ3n) is 3.17. The third-order valence-corrected chi connectivity index (χ3v) is 13.8. The molecular weight excluding hydrogens is 312 g/mol. The Hall–Kier alpha value is 0.668. The van der Waals surface area contributed by atoms with Crippen LogP contribution >= 0.6 is 0 Å². The lowest BCUT2D eigenvalue weighted by Crippen LogP contribution is -2.56. The summed E-state index contributed by atoms with van der Waals surface area (Å²) in [6.07, 6.45) is 6.35. The minimum atomic E-state index is -2.61. The molecule has 19 heavy (non-hydrogen) atoms. The molecule has 1 heterocycles. The van der Waals surface area contributed by atoms with Gasteiger partial charge in [-0.25, -0.2) is 0 Å². The topological polar surface area (TPSA) is 46.2 Å². The average Bonchev–Trinajstić information content (AvgIpc) is 2.26. The van der Waals surface area contributed by atoms with Crippen molar-refractivity contribution >= 4 is 36.7 Å². The first-order valence-corrected chi connectivity index (χ1v) is 14.6. The normalized spacial score (nSPS) is 29.1. The van der Waals surface area contributed by atoms with Crippen LogP contribution in [0, 0.1) is 0 Å². The zero-order chi connectivity index (χ0) is 13.9. The fraction of sp³-hybridized carbons (Fsp3) is 1.00. The third kappa shape index (κ3) is 5.17. The van der Waals surface area contributed by atoms with Crippen LogP contribution in [0.15, 0.2) is 0 Å². The molecule has 109 valence electrons. The summed E-state index contributed by atoms with van der Waals surface area (Å²) in [7, 11) is -6.49. The fourth-order valence-electron chi connectivity index (χ4n) is 2.54. The summed E-state index contributed by atoms with van der Waals surface area (Å²) in [5.74, 6) is 0. The van der Waals surface area contributed by atoms with Crippen LogP contribution in [0.1, 0.15) is 32.1 Å². The number of hydrogen-bond donors (Lipinski definition) is 0. The van der Waals surface area contributed by atoms with Gasteiger partial charge in [-0.1, -0.05) is 19.3 Å². The summed E-state index contributed by atoms with van der Waals surface area (Å²) >= 11 is 0. The van der Waals surface area contributed by atoms with E-state index >= 15 is 0 Å². The van der Waals surface area contributed by atoms with Gasteiger partial charge in [-0.2, -0.15) is 0 Å². The van der Waals surface area contributed by atoms with Gasteiger partial charge in [0.2, 0.25) is 0 Å². The van der Waals surface area contributed by atoms with Gasteiger partial charge in [-0.05, 0) is 32.5 Å². The van der Waals surface area contributed by atoms with Crippen LogP contribution < -0.4 is 0 Å². The lowest BCUT2D eigenvalue weighted by molar-refractivity contribution is 0.0690. The monoisotopic (exact) mass is 335 g/mol. The molecule has 0 aromatic rings. The Morgan fingerprint density at radius 3 is 1.95 bits per heavy atom. The highest BCUT2D eigenvalue weighted by Gasteiger charge is 2.45. The summed E-state index contributed by atoms with van der Waals surface area (Å²) in [6, 6.07) is 0. The maximum absolute atomic E-state index is 6.23. The van der Waals surface area contributed by atoms with Crippen molar-refractivity contribution in [3.05, 3.63) is 0 Å². The number of rotatable bonds is 2. The van der Waals surface area contributed by atoms with Crippen LogP contribution in [0.4, 0.5) is 0 Å². The second-order valence-corrected chi connectivity index (χ2v) is 13.3. The second kappa shape index (κ2) is 7.09. The van der Waals surface area contributed by atoms with E-state index in [1.807, 2.05) is 26.2 Å². The Kier molecular flexibility index (Phi) is 5.99. The predicted molar refractivity (Wildman–Crippen MR) is 78.8 cm³/mol. The molecule has 0 spiro atoms. The number of hydrogen-bond acceptors (Lipinski definition) is 5. The molecule has 0 atom stereocenters. The Morgan fingerprint density at radius 2 is 1.42 bits per heavy atom.